The summed E-state index contributed by atoms with van der Waals surface area (Å²) in [6.07, 6.45) is 6.45. The van der Waals surface area contributed by atoms with Crippen molar-refractivity contribution in [3.05, 3.63) is 36.2 Å². The molecule has 0 saturated heterocycles. The topological polar surface area (TPSA) is 42.3 Å². The molecule has 1 aliphatic rings. The standard InChI is InChI=1S/C9H6N2O/c12-9-4-8(6-11-9)7-2-1-3-10-5-7/h1-6H. The first-order valence-corrected chi connectivity index (χ1v) is 3.56. The van der Waals surface area contributed by atoms with Gasteiger partial charge >= 0.3 is 0 Å². The van der Waals surface area contributed by atoms with E-state index in [1.165, 1.54) is 6.08 Å². The van der Waals surface area contributed by atoms with E-state index in [0.29, 0.717) is 0 Å². The van der Waals surface area contributed by atoms with E-state index in [9.17, 15) is 4.79 Å². The lowest BCUT2D eigenvalue weighted by atomic mass is 10.1. The van der Waals surface area contributed by atoms with Crippen LogP contribution >= 0.6 is 0 Å². The van der Waals surface area contributed by atoms with Crippen LogP contribution in [-0.4, -0.2) is 17.1 Å². The molecule has 0 fully saturated rings. The predicted molar refractivity (Wildman–Crippen MR) is 45.7 cm³/mol. The number of rotatable bonds is 1. The molecule has 0 bridgehead atoms. The van der Waals surface area contributed by atoms with Crippen LogP contribution in [0.4, 0.5) is 0 Å². The van der Waals surface area contributed by atoms with Crippen molar-refractivity contribution in [2.75, 3.05) is 0 Å². The molecule has 0 atom stereocenters. The van der Waals surface area contributed by atoms with Gasteiger partial charge in [-0.15, -0.1) is 0 Å². The molecule has 2 rings (SSSR count). The molecule has 0 radical (unpaired) electrons. The lowest BCUT2D eigenvalue weighted by Gasteiger charge is -1.94. The van der Waals surface area contributed by atoms with Crippen LogP contribution in [0.2, 0.25) is 0 Å². The molecule has 1 aromatic rings. The Morgan fingerprint density at radius 1 is 1.33 bits per heavy atom. The summed E-state index contributed by atoms with van der Waals surface area (Å²) in [6, 6.07) is 3.72. The highest BCUT2D eigenvalue weighted by Gasteiger charge is 2.07. The first-order valence-electron chi connectivity index (χ1n) is 3.56. The molecule has 0 aromatic carbocycles. The Labute approximate surface area is 69.5 Å². The van der Waals surface area contributed by atoms with Crippen molar-refractivity contribution in [1.29, 1.82) is 0 Å². The maximum Gasteiger partial charge on any atom is 0.270 e. The molecule has 0 saturated carbocycles. The lowest BCUT2D eigenvalue weighted by Crippen LogP contribution is -1.83. The zero-order chi connectivity index (χ0) is 8.39. The van der Waals surface area contributed by atoms with Gasteiger partial charge in [-0.05, 0) is 6.07 Å². The highest BCUT2D eigenvalue weighted by Crippen LogP contribution is 2.13. The van der Waals surface area contributed by atoms with Crippen molar-refractivity contribution < 1.29 is 4.79 Å². The summed E-state index contributed by atoms with van der Waals surface area (Å²) in [4.78, 5) is 18.3. The zero-order valence-electron chi connectivity index (χ0n) is 6.27. The van der Waals surface area contributed by atoms with E-state index in [0.717, 1.165) is 11.1 Å². The van der Waals surface area contributed by atoms with Crippen molar-refractivity contribution >= 4 is 17.7 Å². The molecule has 12 heavy (non-hydrogen) atoms. The second kappa shape index (κ2) is 2.70. The Morgan fingerprint density at radius 2 is 2.25 bits per heavy atom. The molecule has 3 heteroatoms. The molecule has 58 valence electrons. The number of aliphatic imine (C=N–C) groups is 1. The lowest BCUT2D eigenvalue weighted by molar-refractivity contribution is -0.113. The van der Waals surface area contributed by atoms with Gasteiger partial charge in [-0.1, -0.05) is 6.07 Å². The van der Waals surface area contributed by atoms with Crippen LogP contribution in [-0.2, 0) is 4.79 Å². The van der Waals surface area contributed by atoms with Crippen molar-refractivity contribution in [1.82, 2.24) is 4.98 Å². The Bertz CT molecular complexity index is 365. The Morgan fingerprint density at radius 3 is 2.83 bits per heavy atom. The molecule has 1 aromatic heterocycles. The Hall–Kier alpha value is -1.77. The number of amides is 1. The first-order chi connectivity index (χ1) is 5.86. The average molecular weight is 158 g/mol. The van der Waals surface area contributed by atoms with Gasteiger partial charge in [-0.3, -0.25) is 9.78 Å². The molecule has 1 aliphatic heterocycles. The van der Waals surface area contributed by atoms with Crippen LogP contribution in [0.25, 0.3) is 5.57 Å². The van der Waals surface area contributed by atoms with E-state index in [1.54, 1.807) is 18.6 Å². The molecule has 0 N–H and O–H groups in total. The number of carbonyl (C=O) groups excluding carboxylic acids is 1. The van der Waals surface area contributed by atoms with Gasteiger partial charge < -0.3 is 0 Å². The second-order valence-corrected chi connectivity index (χ2v) is 2.44. The fourth-order valence-electron chi connectivity index (χ4n) is 1.03. The molecule has 1 amide bonds. The van der Waals surface area contributed by atoms with Gasteiger partial charge in [-0.2, -0.15) is 0 Å². The van der Waals surface area contributed by atoms with E-state index < -0.39 is 0 Å². The maximum absolute atomic E-state index is 10.7. The monoisotopic (exact) mass is 158 g/mol. The third-order valence-electron chi connectivity index (χ3n) is 1.60. The number of hydrogen-bond donors (Lipinski definition) is 0. The summed E-state index contributed by atoms with van der Waals surface area (Å²) in [5.74, 6) is -0.200. The summed E-state index contributed by atoms with van der Waals surface area (Å²) in [5.41, 5.74) is 1.75. The quantitative estimate of drug-likeness (QED) is 0.613. The summed E-state index contributed by atoms with van der Waals surface area (Å²) in [5, 5.41) is 0. The summed E-state index contributed by atoms with van der Waals surface area (Å²) >= 11 is 0. The fourth-order valence-corrected chi connectivity index (χ4v) is 1.03. The van der Waals surface area contributed by atoms with E-state index >= 15 is 0 Å². The minimum absolute atomic E-state index is 0.200. The van der Waals surface area contributed by atoms with Crippen molar-refractivity contribution in [3.63, 3.8) is 0 Å². The number of allylic oxidation sites excluding steroid dienone is 1. The second-order valence-electron chi connectivity index (χ2n) is 2.44. The van der Waals surface area contributed by atoms with E-state index in [2.05, 4.69) is 9.98 Å². The smallest absolute Gasteiger partial charge is 0.267 e. The number of carbonyl (C=O) groups is 1. The third-order valence-corrected chi connectivity index (χ3v) is 1.60. The van der Waals surface area contributed by atoms with Gasteiger partial charge in [0.05, 0.1) is 0 Å². The van der Waals surface area contributed by atoms with Crippen molar-refractivity contribution in [3.8, 4) is 0 Å². The zero-order valence-corrected chi connectivity index (χ0v) is 6.27. The molecular formula is C9H6N2O. The van der Waals surface area contributed by atoms with Crippen LogP contribution < -0.4 is 0 Å². The van der Waals surface area contributed by atoms with Crippen LogP contribution in [0.1, 0.15) is 5.56 Å². The largest absolute Gasteiger partial charge is 0.270 e. The molecule has 3 nitrogen and oxygen atoms in total. The van der Waals surface area contributed by atoms with Gasteiger partial charge in [0.15, 0.2) is 0 Å². The summed E-state index contributed by atoms with van der Waals surface area (Å²) < 4.78 is 0. The van der Waals surface area contributed by atoms with Crippen molar-refractivity contribution in [2.45, 2.75) is 0 Å². The normalized spacial score (nSPS) is 15.0. The number of hydrogen-bond acceptors (Lipinski definition) is 2. The number of pyridine rings is 1. The van der Waals surface area contributed by atoms with Gasteiger partial charge in [-0.25, -0.2) is 4.99 Å². The van der Waals surface area contributed by atoms with Crippen LogP contribution in [0.3, 0.4) is 0 Å². The summed E-state index contributed by atoms with van der Waals surface area (Å²) in [6.45, 7) is 0. The minimum atomic E-state index is -0.200. The fraction of sp³-hybridized carbons (Fsp3) is 0. The van der Waals surface area contributed by atoms with E-state index in [-0.39, 0.29) is 5.91 Å². The highest BCUT2D eigenvalue weighted by molar-refractivity contribution is 6.24. The van der Waals surface area contributed by atoms with Gasteiger partial charge in [0.2, 0.25) is 0 Å². The SMILES string of the molecule is O=C1C=C(c2cccnc2)C=N1. The first kappa shape index (κ1) is 6.91. The van der Waals surface area contributed by atoms with Gasteiger partial charge in [0.1, 0.15) is 0 Å². The molecule has 0 spiro atoms. The number of aromatic nitrogens is 1. The molecular weight excluding hydrogens is 152 g/mol. The predicted octanol–water partition coefficient (Wildman–Crippen LogP) is 1.08. The van der Waals surface area contributed by atoms with Crippen LogP contribution in [0.15, 0.2) is 35.6 Å². The minimum Gasteiger partial charge on any atom is -0.267 e. The van der Waals surface area contributed by atoms with E-state index in [1.807, 2.05) is 12.1 Å². The molecule has 0 unspecified atom stereocenters. The number of nitrogens with zero attached hydrogens (tertiary/aromatic N) is 2. The van der Waals surface area contributed by atoms with Crippen molar-refractivity contribution in [2.24, 2.45) is 4.99 Å². The van der Waals surface area contributed by atoms with Crippen LogP contribution in [0, 0.1) is 0 Å². The Balaban J connectivity index is 2.40. The average Bonchev–Trinajstić information content (AvgIpc) is 2.54. The highest BCUT2D eigenvalue weighted by atomic mass is 16.1. The Kier molecular flexibility index (Phi) is 1.55. The van der Waals surface area contributed by atoms with Gasteiger partial charge in [0, 0.05) is 35.8 Å². The van der Waals surface area contributed by atoms with Gasteiger partial charge in [0.25, 0.3) is 5.91 Å². The van der Waals surface area contributed by atoms with E-state index in [4.69, 9.17) is 0 Å². The third kappa shape index (κ3) is 1.16. The molecule has 0 aliphatic carbocycles. The maximum atomic E-state index is 10.7. The summed E-state index contributed by atoms with van der Waals surface area (Å²) in [7, 11) is 0. The van der Waals surface area contributed by atoms with Crippen LogP contribution in [0.5, 0.6) is 0 Å². The molecule has 2 heterocycles.